The van der Waals surface area contributed by atoms with Gasteiger partial charge in [-0.2, -0.15) is 11.2 Å². The first kappa shape index (κ1) is 40.2. The fourth-order valence-electron chi connectivity index (χ4n) is 7.83. The van der Waals surface area contributed by atoms with Crippen molar-refractivity contribution in [3.63, 3.8) is 0 Å². The summed E-state index contributed by atoms with van der Waals surface area (Å²) in [5, 5.41) is 7.46. The summed E-state index contributed by atoms with van der Waals surface area (Å²) in [7, 11) is 0. The molecule has 0 atom stereocenters. The largest absolute Gasteiger partial charge is 2.00 e. The summed E-state index contributed by atoms with van der Waals surface area (Å²) < 4.78 is 11.0. The molecular formula is C49H54N4OPt. The molecule has 7 aromatic rings. The molecule has 3 heterocycles. The number of ether oxygens (including phenoxy) is 1. The number of pyridine rings is 1. The molecule has 0 aliphatic carbocycles. The van der Waals surface area contributed by atoms with Gasteiger partial charge >= 0.3 is 21.1 Å². The predicted octanol–water partition coefficient (Wildman–Crippen LogP) is 13.0. The summed E-state index contributed by atoms with van der Waals surface area (Å²) >= 11 is 0. The third-order valence-electron chi connectivity index (χ3n) is 10.4. The first-order valence-electron chi connectivity index (χ1n) is 19.4. The Balaban J connectivity index is 0.00000514. The monoisotopic (exact) mass is 909 g/mol. The summed E-state index contributed by atoms with van der Waals surface area (Å²) in [5.74, 6) is 2.95. The van der Waals surface area contributed by atoms with Crippen molar-refractivity contribution in [1.29, 1.82) is 0 Å². The van der Waals surface area contributed by atoms with Crippen LogP contribution in [-0.2, 0) is 38.3 Å². The number of hydrogen-bond acceptors (Lipinski definition) is 3. The van der Waals surface area contributed by atoms with Gasteiger partial charge in [-0.1, -0.05) is 111 Å². The smallest absolute Gasteiger partial charge is 0.509 e. The topological polar surface area (TPSA) is 44.9 Å². The van der Waals surface area contributed by atoms with Gasteiger partial charge < -0.3 is 9.30 Å². The minimum Gasteiger partial charge on any atom is -0.509 e. The second-order valence-corrected chi connectivity index (χ2v) is 17.7. The van der Waals surface area contributed by atoms with E-state index < -0.39 is 0 Å². The summed E-state index contributed by atoms with van der Waals surface area (Å²) in [6, 6.07) is 35.3. The van der Waals surface area contributed by atoms with Crippen molar-refractivity contribution in [2.45, 2.75) is 106 Å². The van der Waals surface area contributed by atoms with Crippen molar-refractivity contribution >= 4 is 21.8 Å². The molecule has 0 spiro atoms. The van der Waals surface area contributed by atoms with Crippen LogP contribution in [0.1, 0.15) is 109 Å². The van der Waals surface area contributed by atoms with Crippen LogP contribution in [-0.4, -0.2) is 19.3 Å². The zero-order chi connectivity index (χ0) is 38.7. The first-order chi connectivity index (χ1) is 25.5. The molecule has 3 aromatic heterocycles. The molecule has 0 saturated carbocycles. The van der Waals surface area contributed by atoms with Crippen LogP contribution in [0.3, 0.4) is 0 Å². The van der Waals surface area contributed by atoms with Crippen molar-refractivity contribution in [2.75, 3.05) is 0 Å². The molecule has 6 heteroatoms. The van der Waals surface area contributed by atoms with Gasteiger partial charge in [-0.15, -0.1) is 41.3 Å². The molecule has 0 saturated heterocycles. The van der Waals surface area contributed by atoms with Crippen LogP contribution in [0.15, 0.2) is 85.1 Å². The van der Waals surface area contributed by atoms with E-state index in [2.05, 4.69) is 177 Å². The predicted molar refractivity (Wildman–Crippen MR) is 225 cm³/mol. The Morgan fingerprint density at radius 3 is 2.07 bits per heavy atom. The fourth-order valence-corrected chi connectivity index (χ4v) is 7.83. The third-order valence-corrected chi connectivity index (χ3v) is 10.4. The SMILES string of the molecule is Cc1nn(-c2[c-]c(Oc3[c-]c4c(cc3)c3ccccc3n4-c3cc(CC(C)C)ccn3)cc(C(C)C)c2)c(C)c1-c1c(C(C)(C)C)cccc1C(C)(C)C.[Pt+2]. The van der Waals surface area contributed by atoms with Crippen molar-refractivity contribution in [2.24, 2.45) is 5.92 Å². The van der Waals surface area contributed by atoms with E-state index >= 15 is 0 Å². The molecule has 55 heavy (non-hydrogen) atoms. The molecule has 0 unspecified atom stereocenters. The minimum atomic E-state index is -0.0431. The summed E-state index contributed by atoms with van der Waals surface area (Å²) in [6.07, 6.45) is 2.91. The van der Waals surface area contributed by atoms with Gasteiger partial charge in [0.25, 0.3) is 0 Å². The Labute approximate surface area is 342 Å². The summed E-state index contributed by atoms with van der Waals surface area (Å²) in [4.78, 5) is 4.84. The molecule has 0 amide bonds. The van der Waals surface area contributed by atoms with E-state index in [1.165, 1.54) is 27.8 Å². The van der Waals surface area contributed by atoms with Gasteiger partial charge in [0.2, 0.25) is 0 Å². The van der Waals surface area contributed by atoms with Gasteiger partial charge in [-0.05, 0) is 94.5 Å². The molecular weight excluding hydrogens is 856 g/mol. The van der Waals surface area contributed by atoms with Gasteiger partial charge in [-0.25, -0.2) is 4.98 Å². The fraction of sp³-hybridized carbons (Fsp3) is 0.347. The maximum atomic E-state index is 6.71. The van der Waals surface area contributed by atoms with Crippen LogP contribution in [0, 0.1) is 31.9 Å². The quantitative estimate of drug-likeness (QED) is 0.143. The van der Waals surface area contributed by atoms with E-state index in [1.807, 2.05) is 12.3 Å². The number of nitrogens with zero attached hydrogens (tertiary/aromatic N) is 4. The number of benzene rings is 4. The molecule has 0 bridgehead atoms. The molecule has 0 aliphatic heterocycles. The number of para-hydroxylation sites is 1. The normalized spacial score (nSPS) is 12.3. The third kappa shape index (κ3) is 7.83. The number of aryl methyl sites for hydroxylation is 1. The zero-order valence-electron chi connectivity index (χ0n) is 34.5. The van der Waals surface area contributed by atoms with Crippen LogP contribution < -0.4 is 4.74 Å². The van der Waals surface area contributed by atoms with E-state index in [1.54, 1.807) is 0 Å². The summed E-state index contributed by atoms with van der Waals surface area (Å²) in [6.45, 7) is 27.0. The minimum absolute atomic E-state index is 0. The Morgan fingerprint density at radius 1 is 0.727 bits per heavy atom. The van der Waals surface area contributed by atoms with Crippen molar-refractivity contribution < 1.29 is 25.8 Å². The van der Waals surface area contributed by atoms with E-state index in [4.69, 9.17) is 14.8 Å². The Hall–Kier alpha value is -4.47. The van der Waals surface area contributed by atoms with E-state index in [0.717, 1.165) is 56.7 Å². The van der Waals surface area contributed by atoms with E-state index in [9.17, 15) is 0 Å². The van der Waals surface area contributed by atoms with Gasteiger partial charge in [-0.3, -0.25) is 4.68 Å². The molecule has 286 valence electrons. The number of fused-ring (bicyclic) bond motifs is 3. The molecule has 0 N–H and O–H groups in total. The average Bonchev–Trinajstić information content (AvgIpc) is 3.59. The van der Waals surface area contributed by atoms with Gasteiger partial charge in [0.05, 0.1) is 5.69 Å². The second-order valence-electron chi connectivity index (χ2n) is 17.7. The van der Waals surface area contributed by atoms with Crippen molar-refractivity contribution in [3.8, 4) is 34.1 Å². The molecule has 0 aliphatic rings. The molecule has 5 nitrogen and oxygen atoms in total. The number of rotatable bonds is 8. The standard InChI is InChI=1S/C49H54N4O.Pt/c1-30(2)24-34-22-23-50-45(25-34)52-43-19-14-13-16-39(43)40-21-20-37(29-44(40)52)54-38-27-35(31(3)4)26-36(28-38)53-33(6)46(32(5)51-53)47-41(48(7,8)9)17-15-18-42(47)49(10,11)12;/h13-23,25-27,30-31H,24H2,1-12H3;/q-2;+2. The van der Waals surface area contributed by atoms with Crippen molar-refractivity contribution in [1.82, 2.24) is 19.3 Å². The van der Waals surface area contributed by atoms with Gasteiger partial charge in [0.1, 0.15) is 5.82 Å². The molecule has 0 radical (unpaired) electrons. The number of hydrogen-bond donors (Lipinski definition) is 0. The van der Waals surface area contributed by atoms with Crippen LogP contribution in [0.2, 0.25) is 0 Å². The Kier molecular flexibility index (Phi) is 11.1. The second kappa shape index (κ2) is 15.2. The molecule has 0 fully saturated rings. The zero-order valence-corrected chi connectivity index (χ0v) is 36.7. The van der Waals surface area contributed by atoms with E-state index in [-0.39, 0.29) is 37.8 Å². The maximum absolute atomic E-state index is 6.71. The maximum Gasteiger partial charge on any atom is 2.00 e. The average molecular weight is 910 g/mol. The van der Waals surface area contributed by atoms with Crippen LogP contribution in [0.4, 0.5) is 0 Å². The first-order valence-corrected chi connectivity index (χ1v) is 19.4. The van der Waals surface area contributed by atoms with Crippen LogP contribution in [0.5, 0.6) is 11.5 Å². The van der Waals surface area contributed by atoms with Gasteiger partial charge in [0.15, 0.2) is 0 Å². The molecule has 7 rings (SSSR count). The Morgan fingerprint density at radius 2 is 1.42 bits per heavy atom. The van der Waals surface area contributed by atoms with E-state index in [0.29, 0.717) is 17.4 Å². The van der Waals surface area contributed by atoms with Crippen molar-refractivity contribution in [3.05, 3.63) is 131 Å². The van der Waals surface area contributed by atoms with Crippen LogP contribution in [0.25, 0.3) is 44.4 Å². The Bertz CT molecular complexity index is 2470. The number of aromatic nitrogens is 4. The molecule has 4 aromatic carbocycles. The van der Waals surface area contributed by atoms with Gasteiger partial charge in [0, 0.05) is 34.5 Å². The van der Waals surface area contributed by atoms with Crippen LogP contribution >= 0.6 is 0 Å². The summed E-state index contributed by atoms with van der Waals surface area (Å²) in [5.41, 5.74) is 12.4.